The van der Waals surface area contributed by atoms with Crippen molar-refractivity contribution in [1.29, 1.82) is 0 Å². The maximum absolute atomic E-state index is 12.3. The van der Waals surface area contributed by atoms with Crippen LogP contribution in [0.15, 0.2) is 48.5 Å². The van der Waals surface area contributed by atoms with Gasteiger partial charge in [-0.15, -0.1) is 0 Å². The van der Waals surface area contributed by atoms with E-state index in [1.165, 1.54) is 18.1 Å². The van der Waals surface area contributed by atoms with Gasteiger partial charge in [0.1, 0.15) is 5.75 Å². The number of carbonyl (C=O) groups is 2. The molecule has 3 rings (SSSR count). The molecule has 0 saturated heterocycles. The van der Waals surface area contributed by atoms with E-state index in [1.54, 1.807) is 24.3 Å². The summed E-state index contributed by atoms with van der Waals surface area (Å²) in [6.07, 6.45) is 3.08. The summed E-state index contributed by atoms with van der Waals surface area (Å²) in [7, 11) is 0. The number of hydrogen-bond acceptors (Lipinski definition) is 3. The van der Waals surface area contributed by atoms with Crippen molar-refractivity contribution in [2.24, 2.45) is 0 Å². The smallest absolute Gasteiger partial charge is 0.258 e. The van der Waals surface area contributed by atoms with Crippen molar-refractivity contribution in [3.63, 3.8) is 0 Å². The highest BCUT2D eigenvalue weighted by Gasteiger charge is 2.21. The lowest BCUT2D eigenvalue weighted by atomic mass is 9.88. The van der Waals surface area contributed by atoms with Gasteiger partial charge in [-0.3, -0.25) is 9.59 Å². The summed E-state index contributed by atoms with van der Waals surface area (Å²) < 4.78 is 5.56. The SMILES string of the molecule is CC(=O)Nc1cccc(OCC(=O)N[C@@H]2CCCc3ccccc32)c1. The molecule has 25 heavy (non-hydrogen) atoms. The average Bonchev–Trinajstić information content (AvgIpc) is 2.60. The molecule has 0 radical (unpaired) electrons. The highest BCUT2D eigenvalue weighted by molar-refractivity contribution is 5.88. The Bertz CT molecular complexity index is 773. The molecule has 1 aliphatic carbocycles. The van der Waals surface area contributed by atoms with E-state index < -0.39 is 0 Å². The molecule has 2 amide bonds. The summed E-state index contributed by atoms with van der Waals surface area (Å²) in [5.41, 5.74) is 3.16. The van der Waals surface area contributed by atoms with Crippen LogP contribution in [-0.2, 0) is 16.0 Å². The number of amides is 2. The maximum atomic E-state index is 12.3. The van der Waals surface area contributed by atoms with Crippen molar-refractivity contribution >= 4 is 17.5 Å². The Kier molecular flexibility index (Phi) is 5.33. The monoisotopic (exact) mass is 338 g/mol. The van der Waals surface area contributed by atoms with Crippen molar-refractivity contribution in [2.75, 3.05) is 11.9 Å². The number of nitrogens with one attached hydrogen (secondary N) is 2. The lowest BCUT2D eigenvalue weighted by molar-refractivity contribution is -0.124. The molecule has 0 unspecified atom stereocenters. The first-order valence-corrected chi connectivity index (χ1v) is 8.49. The van der Waals surface area contributed by atoms with Gasteiger partial charge in [0.2, 0.25) is 5.91 Å². The Morgan fingerprint density at radius 1 is 1.16 bits per heavy atom. The summed E-state index contributed by atoms with van der Waals surface area (Å²) in [5.74, 6) is 0.253. The first-order chi connectivity index (χ1) is 12.1. The maximum Gasteiger partial charge on any atom is 0.258 e. The molecule has 0 spiro atoms. The van der Waals surface area contributed by atoms with Gasteiger partial charge in [0.15, 0.2) is 6.61 Å². The molecule has 0 saturated carbocycles. The van der Waals surface area contributed by atoms with Crippen molar-refractivity contribution < 1.29 is 14.3 Å². The van der Waals surface area contributed by atoms with Crippen LogP contribution in [0.3, 0.4) is 0 Å². The van der Waals surface area contributed by atoms with E-state index in [1.807, 2.05) is 12.1 Å². The summed E-state index contributed by atoms with van der Waals surface area (Å²) >= 11 is 0. The second-order valence-electron chi connectivity index (χ2n) is 6.21. The summed E-state index contributed by atoms with van der Waals surface area (Å²) in [4.78, 5) is 23.3. The molecule has 5 nitrogen and oxygen atoms in total. The fourth-order valence-corrected chi connectivity index (χ4v) is 3.16. The number of carbonyl (C=O) groups excluding carboxylic acids is 2. The second kappa shape index (κ2) is 7.83. The largest absolute Gasteiger partial charge is 0.484 e. The van der Waals surface area contributed by atoms with Crippen molar-refractivity contribution in [2.45, 2.75) is 32.2 Å². The quantitative estimate of drug-likeness (QED) is 0.879. The van der Waals surface area contributed by atoms with Gasteiger partial charge >= 0.3 is 0 Å². The fraction of sp³-hybridized carbons (Fsp3) is 0.300. The molecule has 2 N–H and O–H groups in total. The van der Waals surface area contributed by atoms with Gasteiger partial charge in [-0.2, -0.15) is 0 Å². The van der Waals surface area contributed by atoms with Crippen LogP contribution in [0.4, 0.5) is 5.69 Å². The number of ether oxygens (including phenoxy) is 1. The van der Waals surface area contributed by atoms with E-state index in [0.29, 0.717) is 11.4 Å². The Labute approximate surface area is 147 Å². The Hall–Kier alpha value is -2.82. The molecule has 0 aliphatic heterocycles. The summed E-state index contributed by atoms with van der Waals surface area (Å²) in [6.45, 7) is 1.39. The highest BCUT2D eigenvalue weighted by Crippen LogP contribution is 2.29. The molecule has 2 aromatic carbocycles. The molecular weight excluding hydrogens is 316 g/mol. The zero-order valence-electron chi connectivity index (χ0n) is 14.2. The molecule has 130 valence electrons. The Morgan fingerprint density at radius 2 is 2.00 bits per heavy atom. The van der Waals surface area contributed by atoms with Gasteiger partial charge in [-0.25, -0.2) is 0 Å². The standard InChI is InChI=1S/C20H22N2O3/c1-14(23)21-16-8-5-9-17(12-16)25-13-20(24)22-19-11-4-7-15-6-2-3-10-18(15)19/h2-3,5-6,8-10,12,19H,4,7,11,13H2,1H3,(H,21,23)(H,22,24)/t19-/m1/s1. The van der Waals surface area contributed by atoms with E-state index in [9.17, 15) is 9.59 Å². The third-order valence-electron chi connectivity index (χ3n) is 4.23. The second-order valence-corrected chi connectivity index (χ2v) is 6.21. The van der Waals surface area contributed by atoms with Gasteiger partial charge < -0.3 is 15.4 Å². The van der Waals surface area contributed by atoms with E-state index in [0.717, 1.165) is 19.3 Å². The molecule has 0 bridgehead atoms. The molecule has 0 aromatic heterocycles. The van der Waals surface area contributed by atoms with Crippen LogP contribution in [-0.4, -0.2) is 18.4 Å². The number of anilines is 1. The van der Waals surface area contributed by atoms with E-state index in [4.69, 9.17) is 4.74 Å². The van der Waals surface area contributed by atoms with Crippen molar-refractivity contribution in [1.82, 2.24) is 5.32 Å². The highest BCUT2D eigenvalue weighted by atomic mass is 16.5. The van der Waals surface area contributed by atoms with Gasteiger partial charge in [-0.1, -0.05) is 30.3 Å². The van der Waals surface area contributed by atoms with E-state index >= 15 is 0 Å². The van der Waals surface area contributed by atoms with Gasteiger partial charge in [0.25, 0.3) is 5.91 Å². The van der Waals surface area contributed by atoms with Crippen LogP contribution in [0.25, 0.3) is 0 Å². The first-order valence-electron chi connectivity index (χ1n) is 8.49. The zero-order valence-corrected chi connectivity index (χ0v) is 14.2. The molecule has 1 atom stereocenters. The van der Waals surface area contributed by atoms with E-state index in [-0.39, 0.29) is 24.5 Å². The summed E-state index contributed by atoms with van der Waals surface area (Å²) in [5, 5.41) is 5.75. The fourth-order valence-electron chi connectivity index (χ4n) is 3.16. The minimum atomic E-state index is -0.147. The number of rotatable bonds is 5. The van der Waals surface area contributed by atoms with Gasteiger partial charge in [0, 0.05) is 18.7 Å². The average molecular weight is 338 g/mol. The minimum Gasteiger partial charge on any atom is -0.484 e. The van der Waals surface area contributed by atoms with Crippen LogP contribution >= 0.6 is 0 Å². The third-order valence-corrected chi connectivity index (χ3v) is 4.23. The molecule has 2 aromatic rings. The predicted octanol–water partition coefficient (Wildman–Crippen LogP) is 3.22. The number of fused-ring (bicyclic) bond motifs is 1. The van der Waals surface area contributed by atoms with Crippen LogP contribution in [0.2, 0.25) is 0 Å². The molecule has 5 heteroatoms. The van der Waals surface area contributed by atoms with Crippen LogP contribution in [0, 0.1) is 0 Å². The first kappa shape index (κ1) is 17.0. The van der Waals surface area contributed by atoms with Gasteiger partial charge in [0.05, 0.1) is 6.04 Å². The predicted molar refractivity (Wildman–Crippen MR) is 96.5 cm³/mol. The topological polar surface area (TPSA) is 67.4 Å². The molecular formula is C20H22N2O3. The van der Waals surface area contributed by atoms with Crippen LogP contribution in [0.1, 0.15) is 36.9 Å². The Morgan fingerprint density at radius 3 is 2.84 bits per heavy atom. The lowest BCUT2D eigenvalue weighted by Crippen LogP contribution is -2.34. The van der Waals surface area contributed by atoms with Crippen molar-refractivity contribution in [3.8, 4) is 5.75 Å². The summed E-state index contributed by atoms with van der Waals surface area (Å²) in [6, 6.07) is 15.3. The number of hydrogen-bond donors (Lipinski definition) is 2. The lowest BCUT2D eigenvalue weighted by Gasteiger charge is -2.26. The normalized spacial score (nSPS) is 15.8. The minimum absolute atomic E-state index is 0.0479. The van der Waals surface area contributed by atoms with Crippen molar-refractivity contribution in [3.05, 3.63) is 59.7 Å². The molecule has 0 fully saturated rings. The number of benzene rings is 2. The Balaban J connectivity index is 1.56. The third kappa shape index (κ3) is 4.59. The zero-order chi connectivity index (χ0) is 17.6. The van der Waals surface area contributed by atoms with Crippen LogP contribution < -0.4 is 15.4 Å². The molecule has 1 aliphatic rings. The van der Waals surface area contributed by atoms with Gasteiger partial charge in [-0.05, 0) is 42.5 Å². The van der Waals surface area contributed by atoms with E-state index in [2.05, 4.69) is 22.8 Å². The molecule has 0 heterocycles. The number of aryl methyl sites for hydroxylation is 1. The van der Waals surface area contributed by atoms with Crippen LogP contribution in [0.5, 0.6) is 5.75 Å².